The Morgan fingerprint density at radius 3 is 2.81 bits per heavy atom. The third kappa shape index (κ3) is 2.34. The van der Waals surface area contributed by atoms with E-state index in [2.05, 4.69) is 57.3 Å². The van der Waals surface area contributed by atoms with E-state index in [4.69, 9.17) is 0 Å². The third-order valence-corrected chi connectivity index (χ3v) is 4.35. The zero-order chi connectivity index (χ0) is 14.1. The van der Waals surface area contributed by atoms with Crippen LogP contribution in [0.2, 0.25) is 0 Å². The summed E-state index contributed by atoms with van der Waals surface area (Å²) in [5, 5.41) is 6.15. The van der Waals surface area contributed by atoms with Gasteiger partial charge in [-0.2, -0.15) is 0 Å². The number of hydrogen-bond donors (Lipinski definition) is 1. The molecule has 106 valence electrons. The van der Waals surface area contributed by atoms with Crippen LogP contribution in [0.4, 0.5) is 0 Å². The minimum Gasteiger partial charge on any atom is -0.309 e. The Morgan fingerprint density at radius 1 is 1.05 bits per heavy atom. The van der Waals surface area contributed by atoms with Crippen molar-refractivity contribution in [3.63, 3.8) is 0 Å². The van der Waals surface area contributed by atoms with E-state index in [1.54, 1.807) is 0 Å². The number of imidazole rings is 1. The lowest BCUT2D eigenvalue weighted by Gasteiger charge is -2.24. The number of benzene rings is 2. The van der Waals surface area contributed by atoms with Gasteiger partial charge in [0, 0.05) is 11.7 Å². The Bertz CT molecular complexity index is 754. The SMILES string of the molecule is c1ccc2cc(-n3cncc3C3CCCCN3)ccc2c1. The monoisotopic (exact) mass is 277 g/mol. The predicted molar refractivity (Wildman–Crippen MR) is 85.7 cm³/mol. The highest BCUT2D eigenvalue weighted by atomic mass is 15.1. The van der Waals surface area contributed by atoms with Crippen LogP contribution in [0.1, 0.15) is 31.0 Å². The van der Waals surface area contributed by atoms with E-state index in [0.717, 1.165) is 6.54 Å². The Labute approximate surface area is 124 Å². The minimum atomic E-state index is 0.424. The fourth-order valence-electron chi connectivity index (χ4n) is 3.21. The van der Waals surface area contributed by atoms with E-state index >= 15 is 0 Å². The van der Waals surface area contributed by atoms with Crippen molar-refractivity contribution in [2.45, 2.75) is 25.3 Å². The molecule has 0 bridgehead atoms. The molecule has 2 aromatic carbocycles. The van der Waals surface area contributed by atoms with Crippen LogP contribution in [0.15, 0.2) is 55.0 Å². The maximum Gasteiger partial charge on any atom is 0.0994 e. The molecule has 1 aliphatic heterocycles. The predicted octanol–water partition coefficient (Wildman–Crippen LogP) is 3.84. The summed E-state index contributed by atoms with van der Waals surface area (Å²) < 4.78 is 2.22. The lowest BCUT2D eigenvalue weighted by atomic mass is 10.0. The molecule has 21 heavy (non-hydrogen) atoms. The summed E-state index contributed by atoms with van der Waals surface area (Å²) in [4.78, 5) is 4.38. The number of piperidine rings is 1. The van der Waals surface area contributed by atoms with Crippen molar-refractivity contribution >= 4 is 10.8 Å². The first-order chi connectivity index (χ1) is 10.4. The van der Waals surface area contributed by atoms with Crippen molar-refractivity contribution in [3.05, 3.63) is 60.7 Å². The maximum absolute atomic E-state index is 4.38. The number of hydrogen-bond acceptors (Lipinski definition) is 2. The van der Waals surface area contributed by atoms with Gasteiger partial charge in [-0.25, -0.2) is 4.98 Å². The summed E-state index contributed by atoms with van der Waals surface area (Å²) in [7, 11) is 0. The summed E-state index contributed by atoms with van der Waals surface area (Å²) in [5.74, 6) is 0. The summed E-state index contributed by atoms with van der Waals surface area (Å²) in [6.45, 7) is 1.10. The summed E-state index contributed by atoms with van der Waals surface area (Å²) in [6, 6.07) is 15.5. The van der Waals surface area contributed by atoms with Crippen LogP contribution in [-0.4, -0.2) is 16.1 Å². The second-order valence-corrected chi connectivity index (χ2v) is 5.72. The van der Waals surface area contributed by atoms with E-state index in [-0.39, 0.29) is 0 Å². The van der Waals surface area contributed by atoms with E-state index in [1.165, 1.54) is 41.4 Å². The molecule has 4 rings (SSSR count). The summed E-state index contributed by atoms with van der Waals surface area (Å²) in [6.07, 6.45) is 7.69. The molecule has 3 heteroatoms. The van der Waals surface area contributed by atoms with Crippen molar-refractivity contribution in [3.8, 4) is 5.69 Å². The Kier molecular flexibility index (Phi) is 3.20. The van der Waals surface area contributed by atoms with Gasteiger partial charge < -0.3 is 9.88 Å². The maximum atomic E-state index is 4.38. The van der Waals surface area contributed by atoms with Gasteiger partial charge in [0.15, 0.2) is 0 Å². The van der Waals surface area contributed by atoms with Crippen LogP contribution in [0, 0.1) is 0 Å². The van der Waals surface area contributed by atoms with Crippen LogP contribution >= 0.6 is 0 Å². The normalized spacial score (nSPS) is 19.0. The fraction of sp³-hybridized carbons (Fsp3) is 0.278. The molecule has 3 aromatic rings. The van der Waals surface area contributed by atoms with Gasteiger partial charge in [0.2, 0.25) is 0 Å². The van der Waals surface area contributed by atoms with Gasteiger partial charge in [0.25, 0.3) is 0 Å². The first kappa shape index (κ1) is 12.6. The molecule has 0 saturated carbocycles. The van der Waals surface area contributed by atoms with Gasteiger partial charge in [-0.3, -0.25) is 0 Å². The molecule has 0 aliphatic carbocycles. The molecule has 0 radical (unpaired) electrons. The number of aromatic nitrogens is 2. The first-order valence-corrected chi connectivity index (χ1v) is 7.67. The molecule has 1 saturated heterocycles. The molecule has 0 amide bonds. The van der Waals surface area contributed by atoms with Gasteiger partial charge in [-0.1, -0.05) is 36.8 Å². The van der Waals surface area contributed by atoms with Crippen molar-refractivity contribution < 1.29 is 0 Å². The standard InChI is InChI=1S/C18H19N3/c1-2-6-15-11-16(9-8-14(15)5-1)21-13-19-12-18(21)17-7-3-4-10-20-17/h1-2,5-6,8-9,11-13,17,20H,3-4,7,10H2. The second-order valence-electron chi connectivity index (χ2n) is 5.72. The number of nitrogens with one attached hydrogen (secondary N) is 1. The van der Waals surface area contributed by atoms with Crippen molar-refractivity contribution in [1.82, 2.24) is 14.9 Å². The fourth-order valence-corrected chi connectivity index (χ4v) is 3.21. The lowest BCUT2D eigenvalue weighted by molar-refractivity contribution is 0.402. The smallest absolute Gasteiger partial charge is 0.0994 e. The van der Waals surface area contributed by atoms with Crippen molar-refractivity contribution in [2.75, 3.05) is 6.54 Å². The van der Waals surface area contributed by atoms with Gasteiger partial charge in [0.05, 0.1) is 18.2 Å². The molecule has 1 fully saturated rings. The molecule has 1 N–H and O–H groups in total. The number of fused-ring (bicyclic) bond motifs is 1. The quantitative estimate of drug-likeness (QED) is 0.771. The van der Waals surface area contributed by atoms with Crippen molar-refractivity contribution in [1.29, 1.82) is 0 Å². The average Bonchev–Trinajstić information content (AvgIpc) is 3.05. The van der Waals surface area contributed by atoms with E-state index in [0.29, 0.717) is 6.04 Å². The molecular formula is C18H19N3. The van der Waals surface area contributed by atoms with Crippen LogP contribution < -0.4 is 5.32 Å². The highest BCUT2D eigenvalue weighted by Gasteiger charge is 2.18. The molecular weight excluding hydrogens is 258 g/mol. The Balaban J connectivity index is 1.76. The van der Waals surface area contributed by atoms with Gasteiger partial charge in [0.1, 0.15) is 0 Å². The molecule has 2 heterocycles. The van der Waals surface area contributed by atoms with Crippen LogP contribution in [0.25, 0.3) is 16.5 Å². The van der Waals surface area contributed by atoms with Gasteiger partial charge >= 0.3 is 0 Å². The largest absolute Gasteiger partial charge is 0.309 e. The molecule has 1 aliphatic rings. The molecule has 3 nitrogen and oxygen atoms in total. The highest BCUT2D eigenvalue weighted by molar-refractivity contribution is 5.84. The molecule has 0 spiro atoms. The lowest BCUT2D eigenvalue weighted by Crippen LogP contribution is -2.28. The molecule has 1 unspecified atom stereocenters. The van der Waals surface area contributed by atoms with Crippen LogP contribution in [0.5, 0.6) is 0 Å². The average molecular weight is 277 g/mol. The topological polar surface area (TPSA) is 29.9 Å². The zero-order valence-corrected chi connectivity index (χ0v) is 12.0. The Hall–Kier alpha value is -2.13. The number of rotatable bonds is 2. The first-order valence-electron chi connectivity index (χ1n) is 7.67. The number of nitrogens with zero attached hydrogens (tertiary/aromatic N) is 2. The highest BCUT2D eigenvalue weighted by Crippen LogP contribution is 2.26. The minimum absolute atomic E-state index is 0.424. The Morgan fingerprint density at radius 2 is 1.95 bits per heavy atom. The van der Waals surface area contributed by atoms with E-state index in [1.807, 2.05) is 12.5 Å². The van der Waals surface area contributed by atoms with Gasteiger partial charge in [-0.05, 0) is 42.3 Å². The van der Waals surface area contributed by atoms with Crippen molar-refractivity contribution in [2.24, 2.45) is 0 Å². The molecule has 1 aromatic heterocycles. The zero-order valence-electron chi connectivity index (χ0n) is 12.0. The van der Waals surface area contributed by atoms with Crippen LogP contribution in [0.3, 0.4) is 0 Å². The third-order valence-electron chi connectivity index (χ3n) is 4.35. The van der Waals surface area contributed by atoms with Gasteiger partial charge in [-0.15, -0.1) is 0 Å². The molecule has 1 atom stereocenters. The summed E-state index contributed by atoms with van der Waals surface area (Å²) >= 11 is 0. The van der Waals surface area contributed by atoms with E-state index in [9.17, 15) is 0 Å². The summed E-state index contributed by atoms with van der Waals surface area (Å²) in [5.41, 5.74) is 2.46. The second kappa shape index (κ2) is 5.34. The van der Waals surface area contributed by atoms with E-state index < -0.39 is 0 Å². The van der Waals surface area contributed by atoms with Crippen LogP contribution in [-0.2, 0) is 0 Å².